The molecule has 0 saturated carbocycles. The number of aromatic nitrogens is 2. The average molecular weight is 482 g/mol. The van der Waals surface area contributed by atoms with Gasteiger partial charge in [-0.1, -0.05) is 6.07 Å². The van der Waals surface area contributed by atoms with Crippen molar-refractivity contribution in [3.8, 4) is 5.75 Å². The van der Waals surface area contributed by atoms with Crippen LogP contribution in [0.2, 0.25) is 0 Å². The molecule has 0 bridgehead atoms. The Morgan fingerprint density at radius 3 is 2.71 bits per heavy atom. The van der Waals surface area contributed by atoms with Gasteiger partial charge in [-0.25, -0.2) is 4.98 Å². The topological polar surface area (TPSA) is 78.7 Å². The number of piperidine rings is 1. The quantitative estimate of drug-likeness (QED) is 0.409. The van der Waals surface area contributed by atoms with Crippen molar-refractivity contribution in [3.63, 3.8) is 0 Å². The molecule has 0 amide bonds. The molecule has 0 spiro atoms. The monoisotopic (exact) mass is 481 g/mol. The summed E-state index contributed by atoms with van der Waals surface area (Å²) in [5, 5.41) is 23.5. The Morgan fingerprint density at radius 1 is 1.18 bits per heavy atom. The van der Waals surface area contributed by atoms with Gasteiger partial charge in [0.2, 0.25) is 0 Å². The Hall–Kier alpha value is -2.19. The van der Waals surface area contributed by atoms with Gasteiger partial charge < -0.3 is 19.8 Å². The standard InChI is InChI=1S/C27H35N3O3S/c1-20-18-29-23-7-6-21(33-2)17-22(23)26(20)24(32)8-9-27(19-31)10-13-30(14-11-27)15-16-34-25-5-3-4-12-28-25/h3-7,12,17-18,24,31-32H,8-11,13-16,19H2,1-2H3/t24-/m1/s1. The van der Waals surface area contributed by atoms with E-state index in [2.05, 4.69) is 14.9 Å². The summed E-state index contributed by atoms with van der Waals surface area (Å²) < 4.78 is 5.40. The zero-order valence-electron chi connectivity index (χ0n) is 20.1. The first kappa shape index (κ1) is 24.9. The number of methoxy groups -OCH3 is 1. The maximum atomic E-state index is 11.2. The highest BCUT2D eigenvalue weighted by Gasteiger charge is 2.34. The summed E-state index contributed by atoms with van der Waals surface area (Å²) in [7, 11) is 1.65. The van der Waals surface area contributed by atoms with Crippen LogP contribution in [0.5, 0.6) is 5.75 Å². The van der Waals surface area contributed by atoms with Crippen molar-refractivity contribution in [2.75, 3.05) is 39.1 Å². The summed E-state index contributed by atoms with van der Waals surface area (Å²) in [4.78, 5) is 11.4. The van der Waals surface area contributed by atoms with Gasteiger partial charge in [0, 0.05) is 36.7 Å². The van der Waals surface area contributed by atoms with Crippen molar-refractivity contribution < 1.29 is 14.9 Å². The van der Waals surface area contributed by atoms with E-state index in [0.29, 0.717) is 6.42 Å². The molecule has 7 heteroatoms. The predicted molar refractivity (Wildman–Crippen MR) is 137 cm³/mol. The third-order valence-electron chi connectivity index (χ3n) is 7.14. The van der Waals surface area contributed by atoms with E-state index in [1.54, 1.807) is 18.9 Å². The SMILES string of the molecule is COc1ccc2ncc(C)c([C@H](O)CCC3(CO)CCN(CCSc4ccccn4)CC3)c2c1. The van der Waals surface area contributed by atoms with Gasteiger partial charge >= 0.3 is 0 Å². The number of nitrogens with zero attached hydrogens (tertiary/aromatic N) is 3. The molecule has 2 N–H and O–H groups in total. The first-order valence-corrected chi connectivity index (χ1v) is 13.0. The molecule has 4 rings (SSSR count). The molecule has 34 heavy (non-hydrogen) atoms. The number of likely N-dealkylation sites (tertiary alicyclic amines) is 1. The number of fused-ring (bicyclic) bond motifs is 1. The van der Waals surface area contributed by atoms with Crippen molar-refractivity contribution in [1.82, 2.24) is 14.9 Å². The van der Waals surface area contributed by atoms with E-state index in [9.17, 15) is 10.2 Å². The fourth-order valence-electron chi connectivity index (χ4n) is 4.90. The second-order valence-electron chi connectivity index (χ2n) is 9.31. The van der Waals surface area contributed by atoms with Crippen molar-refractivity contribution >= 4 is 22.7 Å². The Balaban J connectivity index is 1.34. The number of aliphatic hydroxyl groups excluding tert-OH is 2. The highest BCUT2D eigenvalue weighted by atomic mass is 32.2. The summed E-state index contributed by atoms with van der Waals surface area (Å²) in [5.74, 6) is 1.77. The number of ether oxygens (including phenoxy) is 1. The summed E-state index contributed by atoms with van der Waals surface area (Å²) in [6.07, 6.45) is 6.38. The van der Waals surface area contributed by atoms with Crippen LogP contribution >= 0.6 is 11.8 Å². The van der Waals surface area contributed by atoms with Crippen LogP contribution in [0.1, 0.15) is 42.9 Å². The molecule has 1 atom stereocenters. The fourth-order valence-corrected chi connectivity index (χ4v) is 5.77. The largest absolute Gasteiger partial charge is 0.497 e. The van der Waals surface area contributed by atoms with Crippen LogP contribution in [0, 0.1) is 12.3 Å². The van der Waals surface area contributed by atoms with Crippen LogP contribution in [-0.4, -0.2) is 64.2 Å². The van der Waals surface area contributed by atoms with Gasteiger partial charge in [-0.05, 0) is 92.6 Å². The summed E-state index contributed by atoms with van der Waals surface area (Å²) in [6.45, 7) is 5.14. The lowest BCUT2D eigenvalue weighted by Crippen LogP contribution is -2.43. The highest BCUT2D eigenvalue weighted by Crippen LogP contribution is 2.39. The molecule has 182 valence electrons. The summed E-state index contributed by atoms with van der Waals surface area (Å²) in [6, 6.07) is 11.8. The Kier molecular flexibility index (Phi) is 8.42. The molecule has 1 aromatic carbocycles. The molecule has 3 aromatic rings. The molecular formula is C27H35N3O3S. The van der Waals surface area contributed by atoms with Crippen LogP contribution in [0.3, 0.4) is 0 Å². The molecule has 6 nitrogen and oxygen atoms in total. The van der Waals surface area contributed by atoms with E-state index >= 15 is 0 Å². The van der Waals surface area contributed by atoms with Crippen LogP contribution in [0.4, 0.5) is 0 Å². The fraction of sp³-hybridized carbons (Fsp3) is 0.481. The molecule has 1 fully saturated rings. The Morgan fingerprint density at radius 2 is 2.00 bits per heavy atom. The minimum Gasteiger partial charge on any atom is -0.497 e. The zero-order valence-corrected chi connectivity index (χ0v) is 20.9. The number of thioether (sulfide) groups is 1. The Labute approximate surface area is 206 Å². The molecule has 1 aliphatic rings. The first-order chi connectivity index (χ1) is 16.5. The molecule has 3 heterocycles. The maximum absolute atomic E-state index is 11.2. The number of aryl methyl sites for hydroxylation is 1. The predicted octanol–water partition coefficient (Wildman–Crippen LogP) is 4.63. The maximum Gasteiger partial charge on any atom is 0.119 e. The van der Waals surface area contributed by atoms with Gasteiger partial charge in [-0.2, -0.15) is 0 Å². The molecule has 1 aliphatic heterocycles. The van der Waals surface area contributed by atoms with E-state index in [4.69, 9.17) is 4.74 Å². The van der Waals surface area contributed by atoms with E-state index < -0.39 is 6.10 Å². The number of rotatable bonds is 10. The smallest absolute Gasteiger partial charge is 0.119 e. The van der Waals surface area contributed by atoms with E-state index in [-0.39, 0.29) is 12.0 Å². The normalized spacial score (nSPS) is 17.1. The van der Waals surface area contributed by atoms with Crippen molar-refractivity contribution in [2.24, 2.45) is 5.41 Å². The minimum atomic E-state index is -0.603. The molecule has 1 saturated heterocycles. The second kappa shape index (κ2) is 11.5. The van der Waals surface area contributed by atoms with Crippen LogP contribution in [-0.2, 0) is 0 Å². The lowest BCUT2D eigenvalue weighted by molar-refractivity contribution is 0.0254. The van der Waals surface area contributed by atoms with Gasteiger partial charge in [0.15, 0.2) is 0 Å². The van der Waals surface area contributed by atoms with Crippen LogP contribution in [0.25, 0.3) is 10.9 Å². The van der Waals surface area contributed by atoms with Crippen LogP contribution < -0.4 is 4.74 Å². The number of benzene rings is 1. The summed E-state index contributed by atoms with van der Waals surface area (Å²) >= 11 is 1.79. The number of pyridine rings is 2. The number of hydrogen-bond donors (Lipinski definition) is 2. The molecule has 0 radical (unpaired) electrons. The second-order valence-corrected chi connectivity index (χ2v) is 10.4. The van der Waals surface area contributed by atoms with Gasteiger partial charge in [-0.15, -0.1) is 11.8 Å². The van der Waals surface area contributed by atoms with Crippen molar-refractivity contribution in [3.05, 3.63) is 59.9 Å². The zero-order chi connectivity index (χ0) is 24.0. The van der Waals surface area contributed by atoms with E-state index in [1.165, 1.54) is 0 Å². The van der Waals surface area contributed by atoms with Gasteiger partial charge in [0.05, 0.1) is 23.8 Å². The third-order valence-corrected chi connectivity index (χ3v) is 8.07. The lowest BCUT2D eigenvalue weighted by Gasteiger charge is -2.41. The first-order valence-electron chi connectivity index (χ1n) is 12.0. The lowest BCUT2D eigenvalue weighted by atomic mass is 9.74. The van der Waals surface area contributed by atoms with Crippen LogP contribution in [0.15, 0.2) is 53.8 Å². The third kappa shape index (κ3) is 5.89. The average Bonchev–Trinajstić information content (AvgIpc) is 2.88. The number of hydrogen-bond acceptors (Lipinski definition) is 7. The van der Waals surface area contributed by atoms with Crippen molar-refractivity contribution in [1.29, 1.82) is 0 Å². The van der Waals surface area contributed by atoms with Gasteiger partial charge in [-0.3, -0.25) is 4.98 Å². The highest BCUT2D eigenvalue weighted by molar-refractivity contribution is 7.99. The molecule has 0 aliphatic carbocycles. The van der Waals surface area contributed by atoms with E-state index in [0.717, 1.165) is 77.5 Å². The number of aliphatic hydroxyl groups is 2. The Bertz CT molecular complexity index is 1070. The van der Waals surface area contributed by atoms with Gasteiger partial charge in [0.25, 0.3) is 0 Å². The molecule has 2 aromatic heterocycles. The van der Waals surface area contributed by atoms with E-state index in [1.807, 2.05) is 55.7 Å². The molecular weight excluding hydrogens is 446 g/mol. The summed E-state index contributed by atoms with van der Waals surface area (Å²) in [5.41, 5.74) is 2.63. The molecule has 0 unspecified atom stereocenters. The van der Waals surface area contributed by atoms with Gasteiger partial charge in [0.1, 0.15) is 5.75 Å². The minimum absolute atomic E-state index is 0.125. The van der Waals surface area contributed by atoms with Crippen molar-refractivity contribution in [2.45, 2.75) is 43.7 Å².